The van der Waals surface area contributed by atoms with Gasteiger partial charge >= 0.3 is 0 Å². The number of nitrogens with zero attached hydrogens (tertiary/aromatic N) is 3. The summed E-state index contributed by atoms with van der Waals surface area (Å²) in [5.74, 6) is 0.733. The molecule has 7 heteroatoms. The topological polar surface area (TPSA) is 108 Å². The van der Waals surface area contributed by atoms with Crippen molar-refractivity contribution in [2.45, 2.75) is 19.3 Å². The number of nitro groups is 1. The molecule has 1 heterocycles. The van der Waals surface area contributed by atoms with E-state index in [9.17, 15) is 10.1 Å². The van der Waals surface area contributed by atoms with Gasteiger partial charge in [0.25, 0.3) is 5.69 Å². The molecule has 0 atom stereocenters. The molecule has 0 radical (unpaired) electrons. The van der Waals surface area contributed by atoms with Gasteiger partial charge in [0, 0.05) is 24.2 Å². The summed E-state index contributed by atoms with van der Waals surface area (Å²) < 4.78 is 5.16. The summed E-state index contributed by atoms with van der Waals surface area (Å²) in [5.41, 5.74) is 5.74. The van der Waals surface area contributed by atoms with E-state index in [4.69, 9.17) is 10.3 Å². The SMILES string of the molecule is CC(C)(CN)c1nc(-c2cccc([N+](=O)[O-])c2)no1. The lowest BCUT2D eigenvalue weighted by Crippen LogP contribution is -2.28. The summed E-state index contributed by atoms with van der Waals surface area (Å²) in [6.45, 7) is 4.14. The monoisotopic (exact) mass is 262 g/mol. The molecular weight excluding hydrogens is 248 g/mol. The van der Waals surface area contributed by atoms with Crippen LogP contribution in [0.25, 0.3) is 11.4 Å². The number of aromatic nitrogens is 2. The van der Waals surface area contributed by atoms with Crippen LogP contribution in [0.5, 0.6) is 0 Å². The number of non-ortho nitro benzene ring substituents is 1. The quantitative estimate of drug-likeness (QED) is 0.665. The molecule has 0 unspecified atom stereocenters. The smallest absolute Gasteiger partial charge is 0.270 e. The molecule has 0 amide bonds. The molecule has 0 saturated carbocycles. The summed E-state index contributed by atoms with van der Waals surface area (Å²) in [6.07, 6.45) is 0. The van der Waals surface area contributed by atoms with Crippen LogP contribution in [0, 0.1) is 10.1 Å². The van der Waals surface area contributed by atoms with Gasteiger partial charge in [0.2, 0.25) is 11.7 Å². The van der Waals surface area contributed by atoms with Crippen molar-refractivity contribution in [3.8, 4) is 11.4 Å². The Morgan fingerprint density at radius 1 is 1.47 bits per heavy atom. The minimum atomic E-state index is -0.464. The van der Waals surface area contributed by atoms with Gasteiger partial charge in [0.05, 0.1) is 10.3 Å². The van der Waals surface area contributed by atoms with Crippen LogP contribution in [0.1, 0.15) is 19.7 Å². The largest absolute Gasteiger partial charge is 0.338 e. The average Bonchev–Trinajstić information content (AvgIpc) is 2.89. The van der Waals surface area contributed by atoms with Gasteiger partial charge in [-0.25, -0.2) is 0 Å². The summed E-state index contributed by atoms with van der Waals surface area (Å²) in [6, 6.07) is 6.09. The predicted molar refractivity (Wildman–Crippen MR) is 68.5 cm³/mol. The lowest BCUT2D eigenvalue weighted by Gasteiger charge is -2.15. The van der Waals surface area contributed by atoms with E-state index in [0.717, 1.165) is 0 Å². The summed E-state index contributed by atoms with van der Waals surface area (Å²) in [7, 11) is 0. The van der Waals surface area contributed by atoms with E-state index in [1.165, 1.54) is 12.1 Å². The summed E-state index contributed by atoms with van der Waals surface area (Å²) in [5, 5.41) is 14.6. The van der Waals surface area contributed by atoms with Gasteiger partial charge < -0.3 is 10.3 Å². The van der Waals surface area contributed by atoms with Crippen molar-refractivity contribution in [2.24, 2.45) is 5.73 Å². The van der Waals surface area contributed by atoms with E-state index in [1.807, 2.05) is 13.8 Å². The minimum absolute atomic E-state index is 0.0121. The Bertz CT molecular complexity index is 607. The molecule has 2 aromatic rings. The Hall–Kier alpha value is -2.28. The van der Waals surface area contributed by atoms with Gasteiger partial charge in [-0.15, -0.1) is 0 Å². The van der Waals surface area contributed by atoms with Gasteiger partial charge in [-0.3, -0.25) is 10.1 Å². The molecule has 0 spiro atoms. The third-order valence-corrected chi connectivity index (χ3v) is 2.83. The van der Waals surface area contributed by atoms with Crippen molar-refractivity contribution in [3.63, 3.8) is 0 Å². The second-order valence-electron chi connectivity index (χ2n) is 4.82. The molecule has 2 rings (SSSR count). The van der Waals surface area contributed by atoms with Gasteiger partial charge in [0.15, 0.2) is 0 Å². The fourth-order valence-corrected chi connectivity index (χ4v) is 1.46. The van der Waals surface area contributed by atoms with Crippen LogP contribution in [0.2, 0.25) is 0 Å². The second-order valence-corrected chi connectivity index (χ2v) is 4.82. The molecule has 2 N–H and O–H groups in total. The van der Waals surface area contributed by atoms with E-state index >= 15 is 0 Å². The molecule has 7 nitrogen and oxygen atoms in total. The first kappa shape index (κ1) is 13.2. The summed E-state index contributed by atoms with van der Waals surface area (Å²) >= 11 is 0. The number of hydrogen-bond acceptors (Lipinski definition) is 6. The van der Waals surface area contributed by atoms with Gasteiger partial charge in [-0.2, -0.15) is 4.98 Å². The molecule has 0 fully saturated rings. The van der Waals surface area contributed by atoms with Crippen LogP contribution >= 0.6 is 0 Å². The first-order valence-electron chi connectivity index (χ1n) is 5.73. The maximum atomic E-state index is 10.7. The van der Waals surface area contributed by atoms with Crippen LogP contribution in [-0.4, -0.2) is 21.6 Å². The number of rotatable bonds is 4. The van der Waals surface area contributed by atoms with Crippen molar-refractivity contribution >= 4 is 5.69 Å². The third-order valence-electron chi connectivity index (χ3n) is 2.83. The Morgan fingerprint density at radius 2 is 2.21 bits per heavy atom. The van der Waals surface area contributed by atoms with Crippen LogP contribution in [0.15, 0.2) is 28.8 Å². The molecule has 0 aliphatic rings. The van der Waals surface area contributed by atoms with Crippen molar-refractivity contribution in [3.05, 3.63) is 40.3 Å². The number of benzene rings is 1. The first-order chi connectivity index (χ1) is 8.94. The van der Waals surface area contributed by atoms with Crippen molar-refractivity contribution in [1.29, 1.82) is 0 Å². The highest BCUT2D eigenvalue weighted by atomic mass is 16.6. The third kappa shape index (κ3) is 2.60. The molecular formula is C12H14N4O3. The highest BCUT2D eigenvalue weighted by Gasteiger charge is 2.26. The summed E-state index contributed by atoms with van der Waals surface area (Å²) in [4.78, 5) is 14.5. The van der Waals surface area contributed by atoms with Gasteiger partial charge in [-0.05, 0) is 13.8 Å². The molecule has 1 aromatic heterocycles. The minimum Gasteiger partial charge on any atom is -0.338 e. The molecule has 19 heavy (non-hydrogen) atoms. The zero-order valence-corrected chi connectivity index (χ0v) is 10.7. The zero-order valence-electron chi connectivity index (χ0n) is 10.7. The van der Waals surface area contributed by atoms with E-state index in [-0.39, 0.29) is 5.69 Å². The average molecular weight is 262 g/mol. The molecule has 100 valence electrons. The van der Waals surface area contributed by atoms with Gasteiger partial charge in [0.1, 0.15) is 0 Å². The number of nitrogens with two attached hydrogens (primary N) is 1. The van der Waals surface area contributed by atoms with E-state index in [2.05, 4.69) is 10.1 Å². The Morgan fingerprint density at radius 3 is 2.84 bits per heavy atom. The normalized spacial score (nSPS) is 11.5. The molecule has 0 saturated heterocycles. The van der Waals surface area contributed by atoms with E-state index in [1.54, 1.807) is 12.1 Å². The van der Waals surface area contributed by atoms with Crippen LogP contribution in [0.4, 0.5) is 5.69 Å². The highest BCUT2D eigenvalue weighted by Crippen LogP contribution is 2.25. The van der Waals surface area contributed by atoms with Crippen molar-refractivity contribution in [1.82, 2.24) is 10.1 Å². The maximum absolute atomic E-state index is 10.7. The van der Waals surface area contributed by atoms with Crippen LogP contribution in [-0.2, 0) is 5.41 Å². The fraction of sp³-hybridized carbons (Fsp3) is 0.333. The van der Waals surface area contributed by atoms with Crippen molar-refractivity contribution < 1.29 is 9.45 Å². The maximum Gasteiger partial charge on any atom is 0.270 e. The first-order valence-corrected chi connectivity index (χ1v) is 5.73. The highest BCUT2D eigenvalue weighted by molar-refractivity contribution is 5.58. The Labute approximate surface area is 109 Å². The van der Waals surface area contributed by atoms with Crippen LogP contribution < -0.4 is 5.73 Å². The molecule has 0 aliphatic heterocycles. The Balaban J connectivity index is 2.38. The Kier molecular flexibility index (Phi) is 3.30. The zero-order chi connectivity index (χ0) is 14.0. The fourth-order valence-electron chi connectivity index (χ4n) is 1.46. The van der Waals surface area contributed by atoms with E-state index < -0.39 is 10.3 Å². The standard InChI is InChI=1S/C12H14N4O3/c1-12(2,7-13)11-14-10(15-19-11)8-4-3-5-9(6-8)16(17)18/h3-6H,7,13H2,1-2H3. The van der Waals surface area contributed by atoms with E-state index in [0.29, 0.717) is 23.8 Å². The molecule has 1 aromatic carbocycles. The molecule has 0 bridgehead atoms. The lowest BCUT2D eigenvalue weighted by molar-refractivity contribution is -0.384. The van der Waals surface area contributed by atoms with Crippen molar-refractivity contribution in [2.75, 3.05) is 6.54 Å². The lowest BCUT2D eigenvalue weighted by atomic mass is 9.94. The predicted octanol–water partition coefficient (Wildman–Crippen LogP) is 1.88. The number of hydrogen-bond donors (Lipinski definition) is 1. The number of nitro benzene ring substituents is 1. The van der Waals surface area contributed by atoms with Crippen LogP contribution in [0.3, 0.4) is 0 Å². The van der Waals surface area contributed by atoms with Gasteiger partial charge in [-0.1, -0.05) is 17.3 Å². The second kappa shape index (κ2) is 4.77. The molecule has 0 aliphatic carbocycles.